The number of ether oxygens (including phenoxy) is 1. The van der Waals surface area contributed by atoms with E-state index >= 15 is 0 Å². The lowest BCUT2D eigenvalue weighted by Gasteiger charge is -2.39. The number of carboxylic acid groups (broad SMARTS) is 1. The molecular weight excluding hydrogens is 414 g/mol. The van der Waals surface area contributed by atoms with Crippen molar-refractivity contribution in [2.24, 2.45) is 5.41 Å². The highest BCUT2D eigenvalue weighted by Crippen LogP contribution is 2.38. The molecule has 1 aromatic heterocycles. The Morgan fingerprint density at radius 3 is 2.19 bits per heavy atom. The van der Waals surface area contributed by atoms with Crippen LogP contribution < -0.4 is 0 Å². The molecule has 0 atom stereocenters. The maximum Gasteiger partial charge on any atom is 0.410 e. The van der Waals surface area contributed by atoms with E-state index in [9.17, 15) is 14.7 Å². The summed E-state index contributed by atoms with van der Waals surface area (Å²) in [5.74, 6) is -0.832. The smallest absolute Gasteiger partial charge is 0.410 e. The Bertz CT molecular complexity index is 708. The SMILES string of the molecule is CC(C)(C)OC(=O)N1CCC(Cc2cn(C(C)(C)C)nc2Br)(C(=O)O)CC1. The Morgan fingerprint density at radius 2 is 1.78 bits per heavy atom. The molecule has 0 spiro atoms. The highest BCUT2D eigenvalue weighted by atomic mass is 79.9. The Kier molecular flexibility index (Phi) is 5.99. The highest BCUT2D eigenvalue weighted by molar-refractivity contribution is 9.10. The van der Waals surface area contributed by atoms with Crippen LogP contribution in [0.25, 0.3) is 0 Å². The van der Waals surface area contributed by atoms with E-state index in [1.54, 1.807) is 4.90 Å². The van der Waals surface area contributed by atoms with Crippen molar-refractivity contribution < 1.29 is 19.4 Å². The van der Waals surface area contributed by atoms with E-state index in [1.807, 2.05) is 52.4 Å². The maximum atomic E-state index is 12.3. The molecule has 1 aliphatic heterocycles. The molecule has 1 N–H and O–H groups in total. The topological polar surface area (TPSA) is 84.7 Å². The van der Waals surface area contributed by atoms with Crippen LogP contribution >= 0.6 is 15.9 Å². The first-order valence-corrected chi connectivity index (χ1v) is 9.99. The number of nitrogens with zero attached hydrogens (tertiary/aromatic N) is 3. The van der Waals surface area contributed by atoms with Crippen molar-refractivity contribution in [1.29, 1.82) is 0 Å². The first-order valence-electron chi connectivity index (χ1n) is 9.19. The van der Waals surface area contributed by atoms with Gasteiger partial charge in [0.25, 0.3) is 0 Å². The quantitative estimate of drug-likeness (QED) is 0.761. The molecule has 1 aliphatic rings. The van der Waals surface area contributed by atoms with Gasteiger partial charge in [-0.1, -0.05) is 0 Å². The van der Waals surface area contributed by atoms with Gasteiger partial charge in [0, 0.05) is 24.8 Å². The van der Waals surface area contributed by atoms with Crippen LogP contribution in [0.2, 0.25) is 0 Å². The van der Waals surface area contributed by atoms with Crippen molar-refractivity contribution in [2.75, 3.05) is 13.1 Å². The predicted octanol–water partition coefficient (Wildman–Crippen LogP) is 4.05. The number of piperidine rings is 1. The second-order valence-corrected chi connectivity index (χ2v) is 10.0. The number of aromatic nitrogens is 2. The third-order valence-electron chi connectivity index (χ3n) is 4.78. The summed E-state index contributed by atoms with van der Waals surface area (Å²) in [4.78, 5) is 26.0. The summed E-state index contributed by atoms with van der Waals surface area (Å²) in [5, 5.41) is 14.4. The van der Waals surface area contributed by atoms with Crippen molar-refractivity contribution in [3.8, 4) is 0 Å². The van der Waals surface area contributed by atoms with E-state index in [1.165, 1.54) is 0 Å². The normalized spacial score (nSPS) is 17.7. The molecule has 1 fully saturated rings. The number of hydrogen-bond acceptors (Lipinski definition) is 4. The molecule has 0 radical (unpaired) electrons. The second-order valence-electron chi connectivity index (χ2n) is 9.29. The third-order valence-corrected chi connectivity index (χ3v) is 5.45. The van der Waals surface area contributed by atoms with E-state index < -0.39 is 17.0 Å². The molecule has 1 aromatic rings. The van der Waals surface area contributed by atoms with E-state index in [0.717, 1.165) is 5.56 Å². The number of aliphatic carboxylic acids is 1. The van der Waals surface area contributed by atoms with Gasteiger partial charge in [-0.3, -0.25) is 9.48 Å². The third kappa shape index (κ3) is 5.24. The molecule has 0 saturated carbocycles. The van der Waals surface area contributed by atoms with Crippen molar-refractivity contribution in [2.45, 2.75) is 71.9 Å². The van der Waals surface area contributed by atoms with Crippen LogP contribution in [-0.2, 0) is 21.5 Å². The second kappa shape index (κ2) is 7.45. The van der Waals surface area contributed by atoms with Crippen LogP contribution in [0.5, 0.6) is 0 Å². The first kappa shape index (κ1) is 21.7. The van der Waals surface area contributed by atoms with Crippen LogP contribution in [0, 0.1) is 5.41 Å². The van der Waals surface area contributed by atoms with E-state index in [0.29, 0.717) is 37.0 Å². The number of likely N-dealkylation sites (tertiary alicyclic amines) is 1. The maximum absolute atomic E-state index is 12.3. The van der Waals surface area contributed by atoms with Gasteiger partial charge in [0.15, 0.2) is 0 Å². The number of rotatable bonds is 3. The number of halogens is 1. The van der Waals surface area contributed by atoms with Crippen LogP contribution in [0.15, 0.2) is 10.8 Å². The van der Waals surface area contributed by atoms with Crippen molar-refractivity contribution >= 4 is 28.0 Å². The molecule has 0 bridgehead atoms. The molecule has 1 amide bonds. The Balaban J connectivity index is 2.14. The van der Waals surface area contributed by atoms with Crippen LogP contribution in [0.3, 0.4) is 0 Å². The fourth-order valence-corrected chi connectivity index (χ4v) is 3.54. The number of hydrogen-bond donors (Lipinski definition) is 1. The fourth-order valence-electron chi connectivity index (χ4n) is 3.13. The van der Waals surface area contributed by atoms with Crippen molar-refractivity contribution in [3.05, 3.63) is 16.4 Å². The molecule has 1 saturated heterocycles. The number of carboxylic acids is 1. The van der Waals surface area contributed by atoms with Crippen LogP contribution in [0.4, 0.5) is 4.79 Å². The summed E-state index contributed by atoms with van der Waals surface area (Å²) in [6.07, 6.45) is 2.67. The summed E-state index contributed by atoms with van der Waals surface area (Å²) in [5.41, 5.74) is -0.785. The zero-order valence-corrected chi connectivity index (χ0v) is 18.6. The first-order chi connectivity index (χ1) is 12.2. The predicted molar refractivity (Wildman–Crippen MR) is 106 cm³/mol. The Morgan fingerprint density at radius 1 is 1.22 bits per heavy atom. The lowest BCUT2D eigenvalue weighted by atomic mass is 9.74. The van der Waals surface area contributed by atoms with E-state index in [-0.39, 0.29) is 11.6 Å². The van der Waals surface area contributed by atoms with Gasteiger partial charge in [0.05, 0.1) is 11.0 Å². The minimum absolute atomic E-state index is 0.183. The molecule has 2 rings (SSSR count). The summed E-state index contributed by atoms with van der Waals surface area (Å²) >= 11 is 3.47. The Hall–Kier alpha value is -1.57. The van der Waals surface area contributed by atoms with Gasteiger partial charge in [-0.15, -0.1) is 0 Å². The molecule has 8 heteroatoms. The fraction of sp³-hybridized carbons (Fsp3) is 0.737. The highest BCUT2D eigenvalue weighted by Gasteiger charge is 2.44. The zero-order valence-electron chi connectivity index (χ0n) is 17.0. The minimum atomic E-state index is -0.910. The van der Waals surface area contributed by atoms with E-state index in [2.05, 4.69) is 21.0 Å². The molecule has 7 nitrogen and oxygen atoms in total. The summed E-state index contributed by atoms with van der Waals surface area (Å²) < 4.78 is 7.92. The molecular formula is C19H30BrN3O4. The van der Waals surface area contributed by atoms with Gasteiger partial charge in [-0.25, -0.2) is 4.79 Å². The van der Waals surface area contributed by atoms with Gasteiger partial charge in [-0.2, -0.15) is 5.10 Å². The molecule has 2 heterocycles. The number of amides is 1. The average molecular weight is 444 g/mol. The minimum Gasteiger partial charge on any atom is -0.481 e. The van der Waals surface area contributed by atoms with Gasteiger partial charge in [0.2, 0.25) is 0 Å². The van der Waals surface area contributed by atoms with Crippen molar-refractivity contribution in [3.63, 3.8) is 0 Å². The molecule has 152 valence electrons. The average Bonchev–Trinajstić information content (AvgIpc) is 2.87. The molecule has 0 aliphatic carbocycles. The largest absolute Gasteiger partial charge is 0.481 e. The standard InChI is InChI=1S/C19H30BrN3O4/c1-17(2,3)23-12-13(14(20)21-23)11-19(15(24)25)7-9-22(10-8-19)16(26)27-18(4,5)6/h12H,7-11H2,1-6H3,(H,24,25). The van der Waals surface area contributed by atoms with Crippen LogP contribution in [0.1, 0.15) is 59.9 Å². The Labute approximate surface area is 169 Å². The molecule has 0 unspecified atom stereocenters. The van der Waals surface area contributed by atoms with Crippen molar-refractivity contribution in [1.82, 2.24) is 14.7 Å². The zero-order chi connectivity index (χ0) is 20.6. The van der Waals surface area contributed by atoms with E-state index in [4.69, 9.17) is 4.74 Å². The molecule has 0 aromatic carbocycles. The number of carbonyl (C=O) groups is 2. The van der Waals surface area contributed by atoms with Gasteiger partial charge >= 0.3 is 12.1 Å². The van der Waals surface area contributed by atoms with Gasteiger partial charge < -0.3 is 14.7 Å². The summed E-state index contributed by atoms with van der Waals surface area (Å²) in [6.45, 7) is 12.3. The monoisotopic (exact) mass is 443 g/mol. The number of carbonyl (C=O) groups excluding carboxylic acids is 1. The van der Waals surface area contributed by atoms with Gasteiger partial charge in [0.1, 0.15) is 10.2 Å². The summed E-state index contributed by atoms with van der Waals surface area (Å²) in [6, 6.07) is 0. The summed E-state index contributed by atoms with van der Waals surface area (Å²) in [7, 11) is 0. The lowest BCUT2D eigenvalue weighted by molar-refractivity contribution is -0.152. The lowest BCUT2D eigenvalue weighted by Crippen LogP contribution is -2.48. The van der Waals surface area contributed by atoms with Gasteiger partial charge in [-0.05, 0) is 76.7 Å². The van der Waals surface area contributed by atoms with Crippen LogP contribution in [-0.4, -0.2) is 50.5 Å². The molecule has 27 heavy (non-hydrogen) atoms.